The normalized spacial score (nSPS) is 19.6. The van der Waals surface area contributed by atoms with Gasteiger partial charge >= 0.3 is 0 Å². The number of nitrogens with zero attached hydrogens (tertiary/aromatic N) is 3. The summed E-state index contributed by atoms with van der Waals surface area (Å²) < 4.78 is 0. The minimum Gasteiger partial charge on any atom is -0.356 e. The Labute approximate surface area is 109 Å². The van der Waals surface area contributed by atoms with Crippen LogP contribution in [0.3, 0.4) is 0 Å². The third kappa shape index (κ3) is 2.72. The lowest BCUT2D eigenvalue weighted by Gasteiger charge is -2.19. The average molecular weight is 249 g/mol. The molecule has 5 nitrogen and oxygen atoms in total. The second kappa shape index (κ2) is 5.52. The van der Waals surface area contributed by atoms with Gasteiger partial charge in [0.15, 0.2) is 0 Å². The Bertz CT molecular complexity index is 404. The molecule has 0 saturated carbocycles. The average Bonchev–Trinajstić information content (AvgIpc) is 2.86. The van der Waals surface area contributed by atoms with Gasteiger partial charge in [0.05, 0.1) is 0 Å². The number of hydrazine groups is 1. The number of nitrogens with one attached hydrogen (secondary N) is 1. The van der Waals surface area contributed by atoms with Gasteiger partial charge in [0.1, 0.15) is 17.5 Å². The van der Waals surface area contributed by atoms with Crippen LogP contribution in [-0.4, -0.2) is 23.1 Å². The van der Waals surface area contributed by atoms with Crippen LogP contribution in [0.4, 0.5) is 11.6 Å². The molecule has 0 radical (unpaired) electrons. The molecule has 1 aliphatic rings. The van der Waals surface area contributed by atoms with Crippen LogP contribution in [0.5, 0.6) is 0 Å². The van der Waals surface area contributed by atoms with E-state index >= 15 is 0 Å². The molecule has 100 valence electrons. The summed E-state index contributed by atoms with van der Waals surface area (Å²) in [6.45, 7) is 8.61. The first-order valence-corrected chi connectivity index (χ1v) is 6.74. The summed E-state index contributed by atoms with van der Waals surface area (Å²) in [5, 5.41) is 0. The minimum absolute atomic E-state index is 0.307. The Morgan fingerprint density at radius 1 is 1.50 bits per heavy atom. The van der Waals surface area contributed by atoms with Gasteiger partial charge in [0.2, 0.25) is 0 Å². The number of rotatable bonds is 4. The molecule has 0 aliphatic carbocycles. The standard InChI is InChI=1S/C13H23N5/c1-4-10-5-6-18(8-10)12-7-11(17-14)15-13(16-12)9(2)3/h7,9-10H,4-6,8,14H2,1-3H3,(H,15,16,17). The smallest absolute Gasteiger partial charge is 0.145 e. The summed E-state index contributed by atoms with van der Waals surface area (Å²) in [5.41, 5.74) is 2.63. The van der Waals surface area contributed by atoms with E-state index in [1.165, 1.54) is 12.8 Å². The zero-order valence-electron chi connectivity index (χ0n) is 11.5. The first-order chi connectivity index (χ1) is 8.63. The third-order valence-electron chi connectivity index (χ3n) is 3.58. The van der Waals surface area contributed by atoms with Gasteiger partial charge in [-0.1, -0.05) is 27.2 Å². The number of hydrogen-bond donors (Lipinski definition) is 2. The molecule has 1 atom stereocenters. The van der Waals surface area contributed by atoms with E-state index in [0.717, 1.165) is 30.6 Å². The lowest BCUT2D eigenvalue weighted by Crippen LogP contribution is -2.22. The van der Waals surface area contributed by atoms with E-state index < -0.39 is 0 Å². The van der Waals surface area contributed by atoms with Gasteiger partial charge in [0, 0.05) is 25.1 Å². The molecule has 18 heavy (non-hydrogen) atoms. The summed E-state index contributed by atoms with van der Waals surface area (Å²) in [7, 11) is 0. The van der Waals surface area contributed by atoms with Crippen molar-refractivity contribution >= 4 is 11.6 Å². The third-order valence-corrected chi connectivity index (χ3v) is 3.58. The fraction of sp³-hybridized carbons (Fsp3) is 0.692. The highest BCUT2D eigenvalue weighted by molar-refractivity contribution is 5.49. The Morgan fingerprint density at radius 2 is 2.28 bits per heavy atom. The zero-order chi connectivity index (χ0) is 13.1. The van der Waals surface area contributed by atoms with Gasteiger partial charge in [0.25, 0.3) is 0 Å². The quantitative estimate of drug-likeness (QED) is 0.632. The van der Waals surface area contributed by atoms with Crippen LogP contribution < -0.4 is 16.2 Å². The summed E-state index contributed by atoms with van der Waals surface area (Å²) in [6, 6.07) is 1.93. The van der Waals surface area contributed by atoms with E-state index in [4.69, 9.17) is 5.84 Å². The number of aromatic nitrogens is 2. The molecule has 1 saturated heterocycles. The minimum atomic E-state index is 0.307. The predicted octanol–water partition coefficient (Wildman–Crippen LogP) is 2.12. The van der Waals surface area contributed by atoms with Gasteiger partial charge in [-0.3, -0.25) is 0 Å². The zero-order valence-corrected chi connectivity index (χ0v) is 11.5. The van der Waals surface area contributed by atoms with Crippen LogP contribution in [0, 0.1) is 5.92 Å². The molecule has 1 unspecified atom stereocenters. The van der Waals surface area contributed by atoms with Gasteiger partial charge in [-0.05, 0) is 12.3 Å². The summed E-state index contributed by atoms with van der Waals surface area (Å²) in [4.78, 5) is 11.4. The van der Waals surface area contributed by atoms with Crippen molar-refractivity contribution in [2.75, 3.05) is 23.4 Å². The van der Waals surface area contributed by atoms with E-state index in [1.54, 1.807) is 0 Å². The van der Waals surface area contributed by atoms with Crippen LogP contribution in [-0.2, 0) is 0 Å². The Balaban J connectivity index is 2.24. The number of hydrogen-bond acceptors (Lipinski definition) is 5. The number of nitrogen functional groups attached to an aromatic ring is 1. The van der Waals surface area contributed by atoms with Crippen molar-refractivity contribution < 1.29 is 0 Å². The highest BCUT2D eigenvalue weighted by Crippen LogP contribution is 2.26. The van der Waals surface area contributed by atoms with Crippen LogP contribution in [0.2, 0.25) is 0 Å². The van der Waals surface area contributed by atoms with Crippen LogP contribution >= 0.6 is 0 Å². The molecule has 1 aliphatic heterocycles. The fourth-order valence-electron chi connectivity index (χ4n) is 2.32. The van der Waals surface area contributed by atoms with Crippen molar-refractivity contribution in [1.82, 2.24) is 9.97 Å². The van der Waals surface area contributed by atoms with E-state index in [1.807, 2.05) is 6.07 Å². The van der Waals surface area contributed by atoms with E-state index in [-0.39, 0.29) is 0 Å². The Hall–Kier alpha value is -1.36. The first kappa shape index (κ1) is 13.1. The van der Waals surface area contributed by atoms with E-state index in [0.29, 0.717) is 11.7 Å². The fourth-order valence-corrected chi connectivity index (χ4v) is 2.32. The molecule has 0 amide bonds. The molecular formula is C13H23N5. The molecule has 0 bridgehead atoms. The maximum atomic E-state index is 5.48. The Morgan fingerprint density at radius 3 is 2.83 bits per heavy atom. The largest absolute Gasteiger partial charge is 0.356 e. The van der Waals surface area contributed by atoms with E-state index in [9.17, 15) is 0 Å². The molecule has 1 fully saturated rings. The van der Waals surface area contributed by atoms with Crippen molar-refractivity contribution in [2.24, 2.45) is 11.8 Å². The SMILES string of the molecule is CCC1CCN(c2cc(NN)nc(C(C)C)n2)C1. The second-order valence-electron chi connectivity index (χ2n) is 5.28. The molecule has 1 aromatic rings. The molecular weight excluding hydrogens is 226 g/mol. The molecule has 1 aromatic heterocycles. The van der Waals surface area contributed by atoms with E-state index in [2.05, 4.69) is 41.1 Å². The highest BCUT2D eigenvalue weighted by Gasteiger charge is 2.23. The number of anilines is 2. The molecule has 0 aromatic carbocycles. The van der Waals surface area contributed by atoms with Crippen LogP contribution in [0.15, 0.2) is 6.07 Å². The van der Waals surface area contributed by atoms with Gasteiger partial charge in [-0.15, -0.1) is 0 Å². The topological polar surface area (TPSA) is 67.1 Å². The molecule has 0 spiro atoms. The molecule has 5 heteroatoms. The van der Waals surface area contributed by atoms with Gasteiger partial charge < -0.3 is 10.3 Å². The lowest BCUT2D eigenvalue weighted by atomic mass is 10.1. The number of nitrogens with two attached hydrogens (primary N) is 1. The van der Waals surface area contributed by atoms with Crippen molar-refractivity contribution in [3.05, 3.63) is 11.9 Å². The van der Waals surface area contributed by atoms with Gasteiger partial charge in [-0.2, -0.15) is 0 Å². The summed E-state index contributed by atoms with van der Waals surface area (Å²) in [5.74, 6) is 9.12. The van der Waals surface area contributed by atoms with Crippen molar-refractivity contribution in [1.29, 1.82) is 0 Å². The monoisotopic (exact) mass is 249 g/mol. The Kier molecular flexibility index (Phi) is 4.01. The van der Waals surface area contributed by atoms with Crippen molar-refractivity contribution in [3.8, 4) is 0 Å². The molecule has 2 rings (SSSR count). The second-order valence-corrected chi connectivity index (χ2v) is 5.28. The van der Waals surface area contributed by atoms with Crippen molar-refractivity contribution in [2.45, 2.75) is 39.5 Å². The summed E-state index contributed by atoms with van der Waals surface area (Å²) in [6.07, 6.45) is 2.49. The maximum Gasteiger partial charge on any atom is 0.145 e. The lowest BCUT2D eigenvalue weighted by molar-refractivity contribution is 0.568. The maximum absolute atomic E-state index is 5.48. The van der Waals surface area contributed by atoms with Crippen molar-refractivity contribution in [3.63, 3.8) is 0 Å². The summed E-state index contributed by atoms with van der Waals surface area (Å²) >= 11 is 0. The van der Waals surface area contributed by atoms with Gasteiger partial charge in [-0.25, -0.2) is 15.8 Å². The van der Waals surface area contributed by atoms with Crippen LogP contribution in [0.1, 0.15) is 45.4 Å². The predicted molar refractivity (Wildman–Crippen MR) is 74.5 cm³/mol. The highest BCUT2D eigenvalue weighted by atomic mass is 15.3. The molecule has 2 heterocycles. The first-order valence-electron chi connectivity index (χ1n) is 6.74. The molecule has 3 N–H and O–H groups in total. The van der Waals surface area contributed by atoms with Crippen LogP contribution in [0.25, 0.3) is 0 Å².